The lowest BCUT2D eigenvalue weighted by Crippen LogP contribution is -2.37. The minimum absolute atomic E-state index is 0.138. The number of fused-ring (bicyclic) bond motifs is 2. The summed E-state index contributed by atoms with van der Waals surface area (Å²) in [5.74, 6) is -0.292. The predicted octanol–water partition coefficient (Wildman–Crippen LogP) is 4.83. The zero-order valence-electron chi connectivity index (χ0n) is 21.6. The second-order valence-electron chi connectivity index (χ2n) is 11.0. The summed E-state index contributed by atoms with van der Waals surface area (Å²) in [6.45, 7) is 10.7. The molecule has 0 saturated carbocycles. The molecule has 0 bridgehead atoms. The molecule has 2 amide bonds. The van der Waals surface area contributed by atoms with Crippen molar-refractivity contribution in [2.75, 3.05) is 6.54 Å². The molecule has 8 heteroatoms. The number of nitrogens with zero attached hydrogens (tertiary/aromatic N) is 3. The second kappa shape index (κ2) is 8.92. The molecule has 0 aliphatic carbocycles. The second-order valence-corrected chi connectivity index (χ2v) is 11.0. The molecule has 1 aromatic carbocycles. The van der Waals surface area contributed by atoms with Crippen molar-refractivity contribution in [1.82, 2.24) is 19.8 Å². The first kappa shape index (κ1) is 24.3. The van der Waals surface area contributed by atoms with Gasteiger partial charge in [0.1, 0.15) is 17.4 Å². The molecule has 2 aromatic heterocycles. The van der Waals surface area contributed by atoms with E-state index in [0.717, 1.165) is 57.3 Å². The highest BCUT2D eigenvalue weighted by molar-refractivity contribution is 5.85. The summed E-state index contributed by atoms with van der Waals surface area (Å²) >= 11 is 0. The van der Waals surface area contributed by atoms with Gasteiger partial charge in [-0.15, -0.1) is 0 Å². The third-order valence-corrected chi connectivity index (χ3v) is 7.07. The van der Waals surface area contributed by atoms with Gasteiger partial charge in [-0.1, -0.05) is 0 Å². The van der Waals surface area contributed by atoms with Crippen LogP contribution < -0.4 is 0 Å². The maximum atomic E-state index is 13.1. The molecule has 2 aliphatic heterocycles. The Labute approximate surface area is 211 Å². The van der Waals surface area contributed by atoms with Crippen molar-refractivity contribution < 1.29 is 19.4 Å². The number of aryl methyl sites for hydroxylation is 1. The number of rotatable bonds is 3. The van der Waals surface area contributed by atoms with Gasteiger partial charge in [0, 0.05) is 43.0 Å². The molecular weight excluding hydrogens is 456 g/mol. The number of likely N-dealkylation sites (tertiary alicyclic amines) is 1. The van der Waals surface area contributed by atoms with Crippen LogP contribution in [0.1, 0.15) is 68.8 Å². The lowest BCUT2D eigenvalue weighted by Gasteiger charge is -2.30. The zero-order chi connectivity index (χ0) is 25.8. The van der Waals surface area contributed by atoms with Gasteiger partial charge in [0.15, 0.2) is 0 Å². The number of hydrogen-bond donors (Lipinski definition) is 2. The molecule has 2 N–H and O–H groups in total. The number of hydrogen-bond acceptors (Lipinski definition) is 5. The van der Waals surface area contributed by atoms with Crippen molar-refractivity contribution in [2.24, 2.45) is 0 Å². The Morgan fingerprint density at radius 1 is 1.19 bits per heavy atom. The molecule has 2 unspecified atom stereocenters. The normalized spacial score (nSPS) is 18.6. The van der Waals surface area contributed by atoms with Crippen LogP contribution in [0.25, 0.3) is 22.2 Å². The van der Waals surface area contributed by atoms with E-state index < -0.39 is 11.7 Å². The Morgan fingerprint density at radius 3 is 2.69 bits per heavy atom. The first-order valence-corrected chi connectivity index (χ1v) is 12.6. The summed E-state index contributed by atoms with van der Waals surface area (Å²) in [5, 5.41) is 11.0. The van der Waals surface area contributed by atoms with Gasteiger partial charge in [0.05, 0.1) is 6.04 Å². The van der Waals surface area contributed by atoms with Gasteiger partial charge in [0.25, 0.3) is 5.91 Å². The van der Waals surface area contributed by atoms with E-state index in [1.807, 2.05) is 38.1 Å². The van der Waals surface area contributed by atoms with Crippen molar-refractivity contribution in [3.8, 4) is 11.1 Å². The molecule has 8 nitrogen and oxygen atoms in total. The van der Waals surface area contributed by atoms with Gasteiger partial charge in [0.2, 0.25) is 0 Å². The number of amides is 2. The highest BCUT2D eigenvalue weighted by Gasteiger charge is 2.37. The van der Waals surface area contributed by atoms with E-state index in [2.05, 4.69) is 35.1 Å². The summed E-state index contributed by atoms with van der Waals surface area (Å²) in [4.78, 5) is 37.1. The SMILES string of the molecule is Cc1c[nH]c2ncc(-c3cc4c(c(C5CCCN5C(=O)OC(C)(C)C)c3)CN(C(=O)C(C)O)C4)cc12. The van der Waals surface area contributed by atoms with Gasteiger partial charge >= 0.3 is 6.09 Å². The molecule has 1 fully saturated rings. The van der Waals surface area contributed by atoms with Crippen LogP contribution in [-0.4, -0.2) is 55.1 Å². The van der Waals surface area contributed by atoms with Crippen LogP contribution in [-0.2, 0) is 22.6 Å². The molecule has 3 aromatic rings. The molecule has 5 rings (SSSR count). The van der Waals surface area contributed by atoms with E-state index in [-0.39, 0.29) is 18.0 Å². The van der Waals surface area contributed by atoms with Crippen LogP contribution in [0.2, 0.25) is 0 Å². The number of pyridine rings is 1. The van der Waals surface area contributed by atoms with Crippen molar-refractivity contribution in [3.05, 3.63) is 52.8 Å². The Morgan fingerprint density at radius 2 is 1.97 bits per heavy atom. The molecule has 2 aliphatic rings. The van der Waals surface area contributed by atoms with E-state index in [1.165, 1.54) is 6.92 Å². The van der Waals surface area contributed by atoms with E-state index >= 15 is 0 Å². The number of aliphatic hydroxyl groups excluding tert-OH is 1. The summed E-state index contributed by atoms with van der Waals surface area (Å²) in [7, 11) is 0. The van der Waals surface area contributed by atoms with E-state index in [9.17, 15) is 14.7 Å². The fourth-order valence-electron chi connectivity index (χ4n) is 5.35. The number of H-pyrrole nitrogens is 1. The summed E-state index contributed by atoms with van der Waals surface area (Å²) in [6.07, 6.45) is 4.15. The molecule has 4 heterocycles. The number of aliphatic hydroxyl groups is 1. The Balaban J connectivity index is 1.59. The number of benzene rings is 1. The topological polar surface area (TPSA) is 98.8 Å². The standard InChI is InChI=1S/C28H34N4O4/c1-16-12-29-25-21(16)11-19(13-30-25)18-9-20-14-31(26(34)17(2)33)15-23(20)22(10-18)24-7-6-8-32(24)27(35)36-28(3,4)5/h9-13,17,24,33H,6-8,14-15H2,1-5H3,(H,29,30). The quantitative estimate of drug-likeness (QED) is 0.548. The average molecular weight is 491 g/mol. The van der Waals surface area contributed by atoms with Gasteiger partial charge < -0.3 is 24.6 Å². The van der Waals surface area contributed by atoms with Crippen molar-refractivity contribution in [2.45, 2.75) is 78.3 Å². The fraction of sp³-hybridized carbons (Fsp3) is 0.464. The number of aromatic nitrogens is 2. The number of aromatic amines is 1. The van der Waals surface area contributed by atoms with Gasteiger partial charge in [-0.3, -0.25) is 4.79 Å². The van der Waals surface area contributed by atoms with Gasteiger partial charge in [-0.25, -0.2) is 9.78 Å². The van der Waals surface area contributed by atoms with Crippen LogP contribution in [0, 0.1) is 6.92 Å². The number of carbonyl (C=O) groups is 2. The van der Waals surface area contributed by atoms with Gasteiger partial charge in [-0.2, -0.15) is 0 Å². The summed E-state index contributed by atoms with van der Waals surface area (Å²) < 4.78 is 5.73. The molecule has 190 valence electrons. The van der Waals surface area contributed by atoms with Crippen LogP contribution in [0.5, 0.6) is 0 Å². The lowest BCUT2D eigenvalue weighted by atomic mass is 9.91. The molecule has 1 saturated heterocycles. The number of nitrogens with one attached hydrogen (secondary N) is 1. The largest absolute Gasteiger partial charge is 0.444 e. The van der Waals surface area contributed by atoms with Crippen LogP contribution in [0.15, 0.2) is 30.6 Å². The first-order valence-electron chi connectivity index (χ1n) is 12.6. The van der Waals surface area contributed by atoms with Crippen LogP contribution in [0.3, 0.4) is 0 Å². The fourth-order valence-corrected chi connectivity index (χ4v) is 5.35. The smallest absolute Gasteiger partial charge is 0.410 e. The van der Waals surface area contributed by atoms with E-state index in [1.54, 1.807) is 4.90 Å². The molecule has 36 heavy (non-hydrogen) atoms. The third kappa shape index (κ3) is 4.46. The Bertz CT molecular complexity index is 1340. The minimum atomic E-state index is -1.06. The van der Waals surface area contributed by atoms with Crippen LogP contribution in [0.4, 0.5) is 4.79 Å². The average Bonchev–Trinajstić information content (AvgIpc) is 3.55. The maximum absolute atomic E-state index is 13.1. The minimum Gasteiger partial charge on any atom is -0.444 e. The van der Waals surface area contributed by atoms with E-state index in [4.69, 9.17) is 4.74 Å². The molecular formula is C28H34N4O4. The highest BCUT2D eigenvalue weighted by atomic mass is 16.6. The van der Waals surface area contributed by atoms with Crippen LogP contribution >= 0.6 is 0 Å². The highest BCUT2D eigenvalue weighted by Crippen LogP contribution is 2.41. The van der Waals surface area contributed by atoms with E-state index in [0.29, 0.717) is 19.6 Å². The summed E-state index contributed by atoms with van der Waals surface area (Å²) in [6, 6.07) is 6.26. The number of carbonyl (C=O) groups excluding carboxylic acids is 2. The molecule has 0 spiro atoms. The van der Waals surface area contributed by atoms with Crippen molar-refractivity contribution in [1.29, 1.82) is 0 Å². The zero-order valence-corrected chi connectivity index (χ0v) is 21.6. The third-order valence-electron chi connectivity index (χ3n) is 7.07. The Kier molecular flexibility index (Phi) is 6.03. The lowest BCUT2D eigenvalue weighted by molar-refractivity contribution is -0.139. The van der Waals surface area contributed by atoms with Gasteiger partial charge in [-0.05, 0) is 93.5 Å². The number of ether oxygens (including phenoxy) is 1. The first-order chi connectivity index (χ1) is 17.0. The predicted molar refractivity (Wildman–Crippen MR) is 137 cm³/mol. The Hall–Kier alpha value is -3.39. The van der Waals surface area contributed by atoms with Crippen molar-refractivity contribution >= 4 is 23.0 Å². The summed E-state index contributed by atoms with van der Waals surface area (Å²) in [5.41, 5.74) is 6.51. The molecule has 0 radical (unpaired) electrons. The monoisotopic (exact) mass is 490 g/mol. The maximum Gasteiger partial charge on any atom is 0.410 e. The van der Waals surface area contributed by atoms with Crippen molar-refractivity contribution in [3.63, 3.8) is 0 Å². The molecule has 2 atom stereocenters.